The molecule has 0 amide bonds. The Bertz CT molecular complexity index is 707. The van der Waals surface area contributed by atoms with E-state index in [1.165, 1.54) is 6.07 Å². The molecule has 2 aromatic rings. The van der Waals surface area contributed by atoms with E-state index < -0.39 is 0 Å². The van der Waals surface area contributed by atoms with Crippen molar-refractivity contribution in [1.82, 2.24) is 4.57 Å². The first-order valence-corrected chi connectivity index (χ1v) is 6.51. The molecule has 0 bridgehead atoms. The topological polar surface area (TPSA) is 54.7 Å². The van der Waals surface area contributed by atoms with E-state index in [9.17, 15) is 4.39 Å². The van der Waals surface area contributed by atoms with Gasteiger partial charge in [-0.3, -0.25) is 0 Å². The fourth-order valence-corrected chi connectivity index (χ4v) is 2.51. The molecule has 0 aliphatic carbocycles. The Kier molecular flexibility index (Phi) is 3.54. The van der Waals surface area contributed by atoms with Crippen molar-refractivity contribution in [3.63, 3.8) is 0 Å². The van der Waals surface area contributed by atoms with Crippen LogP contribution in [-0.2, 0) is 0 Å². The van der Waals surface area contributed by atoms with Crippen LogP contribution < -0.4 is 5.73 Å². The van der Waals surface area contributed by atoms with E-state index in [1.807, 2.05) is 31.4 Å². The molecule has 0 aliphatic rings. The minimum Gasteiger partial charge on any atom is -0.384 e. The van der Waals surface area contributed by atoms with Crippen molar-refractivity contribution in [3.8, 4) is 6.07 Å². The van der Waals surface area contributed by atoms with Crippen molar-refractivity contribution in [2.24, 2.45) is 0 Å². The first-order valence-electron chi connectivity index (χ1n) is 6.51. The molecule has 0 aliphatic heterocycles. The van der Waals surface area contributed by atoms with Gasteiger partial charge in [0.15, 0.2) is 0 Å². The second-order valence-corrected chi connectivity index (χ2v) is 5.14. The number of aryl methyl sites for hydroxylation is 1. The minimum absolute atomic E-state index is 0.120. The first kappa shape index (κ1) is 14.1. The highest BCUT2D eigenvalue weighted by atomic mass is 19.1. The van der Waals surface area contributed by atoms with E-state index in [1.54, 1.807) is 13.0 Å². The monoisotopic (exact) mass is 271 g/mol. The Labute approximate surface area is 118 Å². The number of halogens is 1. The summed E-state index contributed by atoms with van der Waals surface area (Å²) in [6, 6.07) is 7.19. The van der Waals surface area contributed by atoms with Gasteiger partial charge in [-0.2, -0.15) is 5.26 Å². The molecule has 3 nitrogen and oxygen atoms in total. The van der Waals surface area contributed by atoms with Crippen LogP contribution in [-0.4, -0.2) is 4.57 Å². The summed E-state index contributed by atoms with van der Waals surface area (Å²) in [5, 5.41) is 9.17. The number of benzene rings is 1. The summed E-state index contributed by atoms with van der Waals surface area (Å²) in [7, 11) is 0. The standard InChI is InChI=1S/C16H18FN3/c1-9-5-6-13(7-15(9)17)12(4)20-11(3)10(2)14(8-18)16(20)19/h5-7,12H,19H2,1-4H3. The predicted octanol–water partition coefficient (Wildman–Crippen LogP) is 3.62. The van der Waals surface area contributed by atoms with Gasteiger partial charge in [-0.15, -0.1) is 0 Å². The van der Waals surface area contributed by atoms with E-state index in [0.29, 0.717) is 16.9 Å². The summed E-state index contributed by atoms with van der Waals surface area (Å²) in [6.45, 7) is 7.49. The van der Waals surface area contributed by atoms with Gasteiger partial charge in [0.2, 0.25) is 0 Å². The number of nitrogens with zero attached hydrogens (tertiary/aromatic N) is 2. The summed E-state index contributed by atoms with van der Waals surface area (Å²) in [5.74, 6) is 0.214. The molecule has 0 saturated heterocycles. The Hall–Kier alpha value is -2.28. The Morgan fingerprint density at radius 2 is 1.95 bits per heavy atom. The van der Waals surface area contributed by atoms with E-state index in [2.05, 4.69) is 6.07 Å². The molecular weight excluding hydrogens is 253 g/mol. The molecule has 1 aromatic carbocycles. The Morgan fingerprint density at radius 1 is 1.30 bits per heavy atom. The van der Waals surface area contributed by atoms with Crippen LogP contribution >= 0.6 is 0 Å². The van der Waals surface area contributed by atoms with Crippen LogP contribution in [0.2, 0.25) is 0 Å². The summed E-state index contributed by atoms with van der Waals surface area (Å²) >= 11 is 0. The molecule has 0 spiro atoms. The largest absolute Gasteiger partial charge is 0.384 e. The van der Waals surface area contributed by atoms with Crippen LogP contribution in [0.5, 0.6) is 0 Å². The third-order valence-corrected chi connectivity index (χ3v) is 3.97. The highest BCUT2D eigenvalue weighted by Gasteiger charge is 2.20. The van der Waals surface area contributed by atoms with Gasteiger partial charge in [-0.25, -0.2) is 4.39 Å². The van der Waals surface area contributed by atoms with Crippen LogP contribution in [0.4, 0.5) is 10.2 Å². The molecule has 20 heavy (non-hydrogen) atoms. The van der Waals surface area contributed by atoms with E-state index in [-0.39, 0.29) is 11.9 Å². The number of nitrogen functional groups attached to an aromatic ring is 1. The van der Waals surface area contributed by atoms with Crippen LogP contribution in [0.1, 0.15) is 40.9 Å². The molecule has 2 N–H and O–H groups in total. The molecule has 1 atom stereocenters. The summed E-state index contributed by atoms with van der Waals surface area (Å²) < 4.78 is 15.6. The lowest BCUT2D eigenvalue weighted by Gasteiger charge is -2.19. The zero-order chi connectivity index (χ0) is 15.0. The highest BCUT2D eigenvalue weighted by Crippen LogP contribution is 2.31. The van der Waals surface area contributed by atoms with Gasteiger partial charge >= 0.3 is 0 Å². The molecule has 0 radical (unpaired) electrons. The quantitative estimate of drug-likeness (QED) is 0.907. The normalized spacial score (nSPS) is 12.2. The van der Waals surface area contributed by atoms with Crippen LogP contribution in [0.15, 0.2) is 18.2 Å². The molecule has 1 aromatic heterocycles. The summed E-state index contributed by atoms with van der Waals surface area (Å²) in [6.07, 6.45) is 0. The Morgan fingerprint density at radius 3 is 2.45 bits per heavy atom. The van der Waals surface area contributed by atoms with Gasteiger partial charge in [-0.1, -0.05) is 12.1 Å². The molecular formula is C16H18FN3. The van der Waals surface area contributed by atoms with E-state index >= 15 is 0 Å². The second-order valence-electron chi connectivity index (χ2n) is 5.14. The van der Waals surface area contributed by atoms with Crippen molar-refractivity contribution in [2.45, 2.75) is 33.7 Å². The van der Waals surface area contributed by atoms with E-state index in [4.69, 9.17) is 11.0 Å². The SMILES string of the molecule is Cc1ccc(C(C)n2c(C)c(C)c(C#N)c2N)cc1F. The fourth-order valence-electron chi connectivity index (χ4n) is 2.51. The van der Waals surface area contributed by atoms with E-state index in [0.717, 1.165) is 16.8 Å². The molecule has 2 rings (SSSR count). The summed E-state index contributed by atoms with van der Waals surface area (Å²) in [4.78, 5) is 0. The third kappa shape index (κ3) is 2.05. The first-order chi connectivity index (χ1) is 9.38. The predicted molar refractivity (Wildman–Crippen MR) is 78.0 cm³/mol. The lowest BCUT2D eigenvalue weighted by atomic mass is 10.1. The average molecular weight is 271 g/mol. The number of anilines is 1. The van der Waals surface area contributed by atoms with Crippen molar-refractivity contribution in [3.05, 3.63) is 52.0 Å². The molecule has 104 valence electrons. The van der Waals surface area contributed by atoms with Gasteiger partial charge in [0, 0.05) is 5.69 Å². The van der Waals surface area contributed by atoms with Gasteiger partial charge < -0.3 is 10.3 Å². The number of rotatable bonds is 2. The number of hydrogen-bond donors (Lipinski definition) is 1. The Balaban J connectivity index is 2.57. The average Bonchev–Trinajstić information content (AvgIpc) is 2.63. The maximum atomic E-state index is 13.7. The lowest BCUT2D eigenvalue weighted by Crippen LogP contribution is -2.12. The van der Waals surface area contributed by atoms with Crippen LogP contribution in [0.3, 0.4) is 0 Å². The van der Waals surface area contributed by atoms with Crippen LogP contribution in [0.25, 0.3) is 0 Å². The van der Waals surface area contributed by atoms with Crippen LogP contribution in [0, 0.1) is 37.9 Å². The molecule has 0 saturated carbocycles. The fraction of sp³-hybridized carbons (Fsp3) is 0.312. The second kappa shape index (κ2) is 5.01. The van der Waals surface area contributed by atoms with Crippen molar-refractivity contribution >= 4 is 5.82 Å². The zero-order valence-electron chi connectivity index (χ0n) is 12.2. The van der Waals surface area contributed by atoms with Gasteiger partial charge in [0.05, 0.1) is 11.6 Å². The third-order valence-electron chi connectivity index (χ3n) is 3.97. The van der Waals surface area contributed by atoms with Gasteiger partial charge in [0.25, 0.3) is 0 Å². The maximum absolute atomic E-state index is 13.7. The number of nitriles is 1. The van der Waals surface area contributed by atoms with Crippen molar-refractivity contribution in [2.75, 3.05) is 5.73 Å². The van der Waals surface area contributed by atoms with Gasteiger partial charge in [0.1, 0.15) is 17.7 Å². The highest BCUT2D eigenvalue weighted by molar-refractivity contribution is 5.58. The zero-order valence-corrected chi connectivity index (χ0v) is 12.2. The van der Waals surface area contributed by atoms with Gasteiger partial charge in [-0.05, 0) is 50.5 Å². The molecule has 1 heterocycles. The maximum Gasteiger partial charge on any atom is 0.126 e. The summed E-state index contributed by atoms with van der Waals surface area (Å²) in [5.41, 5.74) is 9.84. The smallest absolute Gasteiger partial charge is 0.126 e. The number of aromatic nitrogens is 1. The molecule has 1 unspecified atom stereocenters. The molecule has 0 fully saturated rings. The van der Waals surface area contributed by atoms with Crippen molar-refractivity contribution < 1.29 is 4.39 Å². The molecule has 4 heteroatoms. The number of nitrogens with two attached hydrogens (primary N) is 1. The lowest BCUT2D eigenvalue weighted by molar-refractivity contribution is 0.596. The number of hydrogen-bond acceptors (Lipinski definition) is 2. The minimum atomic E-state index is -0.227. The van der Waals surface area contributed by atoms with Crippen molar-refractivity contribution in [1.29, 1.82) is 5.26 Å².